The van der Waals surface area contributed by atoms with Crippen molar-refractivity contribution in [1.82, 2.24) is 4.98 Å². The van der Waals surface area contributed by atoms with E-state index in [9.17, 15) is 4.79 Å². The Labute approximate surface area is 87.2 Å². The number of amides is 1. The molecule has 0 bridgehead atoms. The predicted octanol–water partition coefficient (Wildman–Crippen LogP) is -0.113. The van der Waals surface area contributed by atoms with Gasteiger partial charge in [0.15, 0.2) is 0 Å². The standard InChI is InChI=1S/C10H12N2O3/c11-9(13)4-7-2-1-3-10(12-7)15-6-8-5-14-8/h1-3,8H,4-6H2,(H2,11,13). The summed E-state index contributed by atoms with van der Waals surface area (Å²) >= 11 is 0. The molecule has 1 aromatic rings. The molecule has 0 aromatic carbocycles. The summed E-state index contributed by atoms with van der Waals surface area (Å²) in [6.07, 6.45) is 0.337. The summed E-state index contributed by atoms with van der Waals surface area (Å²) in [5, 5.41) is 0. The van der Waals surface area contributed by atoms with Crippen molar-refractivity contribution in [3.8, 4) is 5.88 Å². The third-order valence-corrected chi connectivity index (χ3v) is 1.96. The first kappa shape index (κ1) is 9.92. The van der Waals surface area contributed by atoms with Crippen molar-refractivity contribution in [2.24, 2.45) is 5.73 Å². The Morgan fingerprint density at radius 3 is 3.13 bits per heavy atom. The van der Waals surface area contributed by atoms with E-state index in [1.165, 1.54) is 0 Å². The first-order chi connectivity index (χ1) is 7.24. The molecule has 15 heavy (non-hydrogen) atoms. The number of carbonyl (C=O) groups is 1. The minimum atomic E-state index is -0.398. The number of hydrogen-bond acceptors (Lipinski definition) is 4. The summed E-state index contributed by atoms with van der Waals surface area (Å²) in [5.41, 5.74) is 5.69. The van der Waals surface area contributed by atoms with Gasteiger partial charge < -0.3 is 15.2 Å². The van der Waals surface area contributed by atoms with Crippen LogP contribution in [0.5, 0.6) is 5.88 Å². The van der Waals surface area contributed by atoms with Crippen molar-refractivity contribution in [2.75, 3.05) is 13.2 Å². The van der Waals surface area contributed by atoms with Gasteiger partial charge in [0.25, 0.3) is 0 Å². The van der Waals surface area contributed by atoms with Crippen LogP contribution in [0.2, 0.25) is 0 Å². The van der Waals surface area contributed by atoms with Gasteiger partial charge in [-0.25, -0.2) is 4.98 Å². The van der Waals surface area contributed by atoms with E-state index in [-0.39, 0.29) is 12.5 Å². The van der Waals surface area contributed by atoms with E-state index >= 15 is 0 Å². The molecule has 1 aliphatic rings. The smallest absolute Gasteiger partial charge is 0.223 e. The Morgan fingerprint density at radius 1 is 1.67 bits per heavy atom. The van der Waals surface area contributed by atoms with Crippen molar-refractivity contribution >= 4 is 5.91 Å². The molecule has 1 unspecified atom stereocenters. The fourth-order valence-corrected chi connectivity index (χ4v) is 1.16. The molecular formula is C10H12N2O3. The molecule has 1 amide bonds. The quantitative estimate of drug-likeness (QED) is 0.685. The molecule has 2 heterocycles. The van der Waals surface area contributed by atoms with E-state index in [2.05, 4.69) is 4.98 Å². The van der Waals surface area contributed by atoms with E-state index in [1.807, 2.05) is 0 Å². The van der Waals surface area contributed by atoms with E-state index in [0.29, 0.717) is 18.2 Å². The SMILES string of the molecule is NC(=O)Cc1cccc(OCC2CO2)n1. The molecule has 2 N–H and O–H groups in total. The normalized spacial score (nSPS) is 18.5. The molecule has 5 heteroatoms. The lowest BCUT2D eigenvalue weighted by molar-refractivity contribution is -0.117. The van der Waals surface area contributed by atoms with Crippen molar-refractivity contribution in [1.29, 1.82) is 0 Å². The Morgan fingerprint density at radius 2 is 2.47 bits per heavy atom. The lowest BCUT2D eigenvalue weighted by Gasteiger charge is -2.04. The average Bonchev–Trinajstić information content (AvgIpc) is 2.97. The van der Waals surface area contributed by atoms with Crippen LogP contribution in [0.25, 0.3) is 0 Å². The van der Waals surface area contributed by atoms with Gasteiger partial charge >= 0.3 is 0 Å². The van der Waals surface area contributed by atoms with Crippen LogP contribution in [0.1, 0.15) is 5.69 Å². The summed E-state index contributed by atoms with van der Waals surface area (Å²) in [7, 11) is 0. The zero-order chi connectivity index (χ0) is 10.7. The van der Waals surface area contributed by atoms with E-state index in [0.717, 1.165) is 6.61 Å². The number of primary amides is 1. The molecule has 0 saturated carbocycles. The van der Waals surface area contributed by atoms with Gasteiger partial charge in [0.2, 0.25) is 11.8 Å². The van der Waals surface area contributed by atoms with Gasteiger partial charge in [0.05, 0.1) is 18.7 Å². The van der Waals surface area contributed by atoms with Crippen LogP contribution in [-0.4, -0.2) is 30.2 Å². The number of ether oxygens (including phenoxy) is 2. The highest BCUT2D eigenvalue weighted by Crippen LogP contribution is 2.13. The van der Waals surface area contributed by atoms with Crippen molar-refractivity contribution in [3.63, 3.8) is 0 Å². The third kappa shape index (κ3) is 3.21. The number of rotatable bonds is 5. The zero-order valence-corrected chi connectivity index (χ0v) is 8.18. The van der Waals surface area contributed by atoms with Crippen LogP contribution in [0.3, 0.4) is 0 Å². The van der Waals surface area contributed by atoms with Crippen LogP contribution >= 0.6 is 0 Å². The summed E-state index contributed by atoms with van der Waals surface area (Å²) in [6.45, 7) is 1.26. The Balaban J connectivity index is 1.94. The highest BCUT2D eigenvalue weighted by molar-refractivity contribution is 5.76. The minimum absolute atomic E-state index is 0.136. The largest absolute Gasteiger partial charge is 0.475 e. The fraction of sp³-hybridized carbons (Fsp3) is 0.400. The first-order valence-electron chi connectivity index (χ1n) is 4.72. The maximum Gasteiger partial charge on any atom is 0.223 e. The number of epoxide rings is 1. The monoisotopic (exact) mass is 208 g/mol. The molecule has 0 aliphatic carbocycles. The van der Waals surface area contributed by atoms with Crippen LogP contribution in [0.15, 0.2) is 18.2 Å². The van der Waals surface area contributed by atoms with Crippen molar-refractivity contribution < 1.29 is 14.3 Å². The summed E-state index contributed by atoms with van der Waals surface area (Å²) in [4.78, 5) is 14.8. The first-order valence-corrected chi connectivity index (χ1v) is 4.72. The van der Waals surface area contributed by atoms with Gasteiger partial charge in [-0.1, -0.05) is 6.07 Å². The predicted molar refractivity (Wildman–Crippen MR) is 52.4 cm³/mol. The second-order valence-corrected chi connectivity index (χ2v) is 3.38. The van der Waals surface area contributed by atoms with Crippen LogP contribution < -0.4 is 10.5 Å². The maximum absolute atomic E-state index is 10.7. The molecule has 0 radical (unpaired) electrons. The number of nitrogens with zero attached hydrogens (tertiary/aromatic N) is 1. The average molecular weight is 208 g/mol. The molecule has 1 saturated heterocycles. The van der Waals surface area contributed by atoms with Gasteiger partial charge in [-0.3, -0.25) is 4.79 Å². The van der Waals surface area contributed by atoms with Gasteiger partial charge in [-0.05, 0) is 6.07 Å². The van der Waals surface area contributed by atoms with Crippen molar-refractivity contribution in [3.05, 3.63) is 23.9 Å². The number of carbonyl (C=O) groups excluding carboxylic acids is 1. The molecule has 5 nitrogen and oxygen atoms in total. The molecule has 2 rings (SSSR count). The Bertz CT molecular complexity index is 363. The van der Waals surface area contributed by atoms with Crippen LogP contribution in [0.4, 0.5) is 0 Å². The van der Waals surface area contributed by atoms with E-state index in [1.54, 1.807) is 18.2 Å². The summed E-state index contributed by atoms with van der Waals surface area (Å²) in [5.74, 6) is 0.106. The molecule has 1 aromatic heterocycles. The number of nitrogens with two attached hydrogens (primary N) is 1. The lowest BCUT2D eigenvalue weighted by atomic mass is 10.2. The highest BCUT2D eigenvalue weighted by Gasteiger charge is 2.23. The molecular weight excluding hydrogens is 196 g/mol. The fourth-order valence-electron chi connectivity index (χ4n) is 1.16. The zero-order valence-electron chi connectivity index (χ0n) is 8.18. The lowest BCUT2D eigenvalue weighted by Crippen LogP contribution is -2.15. The Kier molecular flexibility index (Phi) is 2.82. The minimum Gasteiger partial charge on any atom is -0.475 e. The maximum atomic E-state index is 10.7. The molecule has 1 fully saturated rings. The second kappa shape index (κ2) is 4.27. The Hall–Kier alpha value is -1.62. The number of aromatic nitrogens is 1. The highest BCUT2D eigenvalue weighted by atomic mass is 16.6. The van der Waals surface area contributed by atoms with Crippen molar-refractivity contribution in [2.45, 2.75) is 12.5 Å². The molecule has 80 valence electrons. The molecule has 1 atom stereocenters. The van der Waals surface area contributed by atoms with Crippen LogP contribution in [0, 0.1) is 0 Å². The number of pyridine rings is 1. The van der Waals surface area contributed by atoms with Gasteiger partial charge in [-0.2, -0.15) is 0 Å². The molecule has 0 spiro atoms. The second-order valence-electron chi connectivity index (χ2n) is 3.38. The number of hydrogen-bond donors (Lipinski definition) is 1. The van der Waals surface area contributed by atoms with E-state index < -0.39 is 5.91 Å². The topological polar surface area (TPSA) is 77.7 Å². The van der Waals surface area contributed by atoms with E-state index in [4.69, 9.17) is 15.2 Å². The van der Waals surface area contributed by atoms with Crippen LogP contribution in [-0.2, 0) is 16.0 Å². The third-order valence-electron chi connectivity index (χ3n) is 1.96. The summed E-state index contributed by atoms with van der Waals surface area (Å²) < 4.78 is 10.4. The van der Waals surface area contributed by atoms with Gasteiger partial charge in [0, 0.05) is 6.07 Å². The molecule has 1 aliphatic heterocycles. The van der Waals surface area contributed by atoms with Gasteiger partial charge in [-0.15, -0.1) is 0 Å². The summed E-state index contributed by atoms with van der Waals surface area (Å²) in [6, 6.07) is 5.27. The van der Waals surface area contributed by atoms with Gasteiger partial charge in [0.1, 0.15) is 12.7 Å².